The lowest BCUT2D eigenvalue weighted by atomic mass is 10.1. The molecule has 25 heavy (non-hydrogen) atoms. The molecule has 0 aliphatic heterocycles. The lowest BCUT2D eigenvalue weighted by Gasteiger charge is -2.09. The van der Waals surface area contributed by atoms with Gasteiger partial charge in [0.2, 0.25) is 5.91 Å². The molecule has 0 radical (unpaired) electrons. The molecule has 1 atom stereocenters. The van der Waals surface area contributed by atoms with Crippen LogP contribution < -0.4 is 5.32 Å². The molecule has 2 aromatic carbocycles. The van der Waals surface area contributed by atoms with Crippen LogP contribution in [0.4, 0.5) is 13.2 Å². The van der Waals surface area contributed by atoms with Crippen LogP contribution in [0.5, 0.6) is 0 Å². The largest absolute Gasteiger partial charge is 0.416 e. The number of carbonyl (C=O) groups excluding carboxylic acids is 1. The van der Waals surface area contributed by atoms with Crippen molar-refractivity contribution in [1.82, 2.24) is 5.32 Å². The first kappa shape index (κ1) is 18.6. The zero-order valence-electron chi connectivity index (χ0n) is 13.2. The molecule has 0 heterocycles. The SMILES string of the molecule is O=C(CC(O)c1ccccc1)NCC#Cc1cccc(C(F)(F)F)c1. The minimum atomic E-state index is -4.42. The summed E-state index contributed by atoms with van der Waals surface area (Å²) in [6, 6.07) is 13.4. The van der Waals surface area contributed by atoms with Crippen molar-refractivity contribution in [3.05, 3.63) is 71.3 Å². The minimum Gasteiger partial charge on any atom is -0.388 e. The van der Waals surface area contributed by atoms with Crippen LogP contribution in [-0.2, 0) is 11.0 Å². The number of nitrogens with one attached hydrogen (secondary N) is 1. The number of alkyl halides is 3. The Balaban J connectivity index is 1.85. The quantitative estimate of drug-likeness (QED) is 0.834. The average molecular weight is 347 g/mol. The van der Waals surface area contributed by atoms with E-state index >= 15 is 0 Å². The zero-order valence-corrected chi connectivity index (χ0v) is 13.2. The number of hydrogen-bond acceptors (Lipinski definition) is 2. The highest BCUT2D eigenvalue weighted by molar-refractivity contribution is 5.76. The second kappa shape index (κ2) is 8.36. The van der Waals surface area contributed by atoms with E-state index in [9.17, 15) is 23.1 Å². The standard InChI is InChI=1S/C19H16F3NO2/c20-19(21,22)16-10-4-6-14(12-16)7-5-11-23-18(25)13-17(24)15-8-2-1-3-9-15/h1-4,6,8-10,12,17,24H,11,13H2,(H,23,25). The predicted octanol–water partition coefficient (Wildman–Crippen LogP) is 3.30. The fraction of sp³-hybridized carbons (Fsp3) is 0.211. The molecule has 0 aliphatic rings. The van der Waals surface area contributed by atoms with Crippen LogP contribution in [0, 0.1) is 11.8 Å². The smallest absolute Gasteiger partial charge is 0.388 e. The van der Waals surface area contributed by atoms with E-state index in [1.807, 2.05) is 0 Å². The third-order valence-corrected chi connectivity index (χ3v) is 3.36. The summed E-state index contributed by atoms with van der Waals surface area (Å²) in [4.78, 5) is 11.7. The van der Waals surface area contributed by atoms with Gasteiger partial charge in [0.05, 0.1) is 24.6 Å². The monoisotopic (exact) mass is 347 g/mol. The van der Waals surface area contributed by atoms with Gasteiger partial charge < -0.3 is 10.4 Å². The van der Waals surface area contributed by atoms with Crippen molar-refractivity contribution in [2.75, 3.05) is 6.54 Å². The van der Waals surface area contributed by atoms with Crippen molar-refractivity contribution < 1.29 is 23.1 Å². The van der Waals surface area contributed by atoms with Gasteiger partial charge in [-0.15, -0.1) is 0 Å². The maximum Gasteiger partial charge on any atom is 0.416 e. The molecular formula is C19H16F3NO2. The van der Waals surface area contributed by atoms with Crippen LogP contribution >= 0.6 is 0 Å². The van der Waals surface area contributed by atoms with Gasteiger partial charge in [-0.1, -0.05) is 48.2 Å². The van der Waals surface area contributed by atoms with Crippen molar-refractivity contribution >= 4 is 5.91 Å². The van der Waals surface area contributed by atoms with E-state index in [0.29, 0.717) is 5.56 Å². The Labute approximate surface area is 143 Å². The van der Waals surface area contributed by atoms with E-state index in [0.717, 1.165) is 12.1 Å². The molecule has 130 valence electrons. The molecule has 1 unspecified atom stereocenters. The van der Waals surface area contributed by atoms with E-state index in [1.54, 1.807) is 30.3 Å². The molecule has 0 spiro atoms. The Morgan fingerprint density at radius 1 is 1.12 bits per heavy atom. The van der Waals surface area contributed by atoms with E-state index < -0.39 is 23.8 Å². The van der Waals surface area contributed by atoms with Gasteiger partial charge in [0.15, 0.2) is 0 Å². The molecule has 2 rings (SSSR count). The van der Waals surface area contributed by atoms with Crippen LogP contribution in [0.2, 0.25) is 0 Å². The van der Waals surface area contributed by atoms with Crippen LogP contribution in [0.15, 0.2) is 54.6 Å². The number of amides is 1. The summed E-state index contributed by atoms with van der Waals surface area (Å²) in [7, 11) is 0. The highest BCUT2D eigenvalue weighted by atomic mass is 19.4. The Kier molecular flexibility index (Phi) is 6.20. The number of halogens is 3. The normalized spacial score (nSPS) is 12.0. The number of aliphatic hydroxyl groups excluding tert-OH is 1. The third-order valence-electron chi connectivity index (χ3n) is 3.36. The van der Waals surface area contributed by atoms with Gasteiger partial charge in [-0.2, -0.15) is 13.2 Å². The summed E-state index contributed by atoms with van der Waals surface area (Å²) < 4.78 is 37.8. The predicted molar refractivity (Wildman–Crippen MR) is 87.4 cm³/mol. The van der Waals surface area contributed by atoms with Gasteiger partial charge in [0.1, 0.15) is 0 Å². The van der Waals surface area contributed by atoms with Gasteiger partial charge in [-0.05, 0) is 23.8 Å². The second-order valence-electron chi connectivity index (χ2n) is 5.29. The summed E-state index contributed by atoms with van der Waals surface area (Å²) in [5, 5.41) is 12.4. The van der Waals surface area contributed by atoms with Gasteiger partial charge in [0, 0.05) is 5.56 Å². The number of aliphatic hydroxyl groups is 1. The Morgan fingerprint density at radius 2 is 1.84 bits per heavy atom. The van der Waals surface area contributed by atoms with Crippen molar-refractivity contribution in [1.29, 1.82) is 0 Å². The molecule has 3 nitrogen and oxygen atoms in total. The van der Waals surface area contributed by atoms with Gasteiger partial charge in [0.25, 0.3) is 0 Å². The zero-order chi connectivity index (χ0) is 18.3. The Bertz CT molecular complexity index is 776. The van der Waals surface area contributed by atoms with E-state index in [4.69, 9.17) is 0 Å². The van der Waals surface area contributed by atoms with Gasteiger partial charge in [-0.3, -0.25) is 4.79 Å². The fourth-order valence-corrected chi connectivity index (χ4v) is 2.10. The first-order valence-electron chi connectivity index (χ1n) is 7.52. The number of benzene rings is 2. The minimum absolute atomic E-state index is 0.0173. The summed E-state index contributed by atoms with van der Waals surface area (Å²) >= 11 is 0. The number of rotatable bonds is 4. The number of carbonyl (C=O) groups is 1. The highest BCUT2D eigenvalue weighted by Gasteiger charge is 2.30. The molecule has 0 saturated heterocycles. The lowest BCUT2D eigenvalue weighted by Crippen LogP contribution is -2.25. The lowest BCUT2D eigenvalue weighted by molar-refractivity contribution is -0.137. The van der Waals surface area contributed by atoms with Crippen LogP contribution in [0.3, 0.4) is 0 Å². The molecule has 0 bridgehead atoms. The van der Waals surface area contributed by atoms with E-state index in [1.165, 1.54) is 12.1 Å². The molecule has 2 N–H and O–H groups in total. The molecule has 0 aromatic heterocycles. The highest BCUT2D eigenvalue weighted by Crippen LogP contribution is 2.29. The van der Waals surface area contributed by atoms with Crippen LogP contribution in [0.1, 0.15) is 29.2 Å². The maximum atomic E-state index is 12.6. The molecular weight excluding hydrogens is 331 g/mol. The molecule has 0 fully saturated rings. The summed E-state index contributed by atoms with van der Waals surface area (Å²) in [5.74, 6) is 4.77. The van der Waals surface area contributed by atoms with Crippen LogP contribution in [0.25, 0.3) is 0 Å². The van der Waals surface area contributed by atoms with Gasteiger partial charge >= 0.3 is 6.18 Å². The second-order valence-corrected chi connectivity index (χ2v) is 5.29. The Hall–Kier alpha value is -2.78. The summed E-state index contributed by atoms with van der Waals surface area (Å²) in [6.07, 6.45) is -5.45. The first-order valence-corrected chi connectivity index (χ1v) is 7.52. The number of hydrogen-bond donors (Lipinski definition) is 2. The summed E-state index contributed by atoms with van der Waals surface area (Å²) in [5.41, 5.74) is 0.0791. The first-order chi connectivity index (χ1) is 11.9. The molecule has 2 aromatic rings. The van der Waals surface area contributed by atoms with Crippen molar-refractivity contribution in [3.63, 3.8) is 0 Å². The fourth-order valence-electron chi connectivity index (χ4n) is 2.10. The van der Waals surface area contributed by atoms with Crippen molar-refractivity contribution in [2.24, 2.45) is 0 Å². The summed E-state index contributed by atoms with van der Waals surface area (Å²) in [6.45, 7) is -0.0173. The van der Waals surface area contributed by atoms with E-state index in [2.05, 4.69) is 17.2 Å². The van der Waals surface area contributed by atoms with Crippen molar-refractivity contribution in [3.8, 4) is 11.8 Å². The topological polar surface area (TPSA) is 49.3 Å². The van der Waals surface area contributed by atoms with Crippen molar-refractivity contribution in [2.45, 2.75) is 18.7 Å². The average Bonchev–Trinajstić information content (AvgIpc) is 2.59. The van der Waals surface area contributed by atoms with E-state index in [-0.39, 0.29) is 18.5 Å². The molecule has 0 aliphatic carbocycles. The molecule has 1 amide bonds. The Morgan fingerprint density at radius 3 is 2.52 bits per heavy atom. The molecule has 0 saturated carbocycles. The van der Waals surface area contributed by atoms with Crippen LogP contribution in [-0.4, -0.2) is 17.6 Å². The molecule has 6 heteroatoms. The third kappa shape index (κ3) is 5.98. The maximum absolute atomic E-state index is 12.6. The van der Waals surface area contributed by atoms with Gasteiger partial charge in [-0.25, -0.2) is 0 Å².